The summed E-state index contributed by atoms with van der Waals surface area (Å²) in [5.74, 6) is 0.221. The highest BCUT2D eigenvalue weighted by atomic mass is 35.5. The van der Waals surface area contributed by atoms with Gasteiger partial charge >= 0.3 is 0 Å². The highest BCUT2D eigenvalue weighted by molar-refractivity contribution is 6.32. The molecule has 0 spiro atoms. The number of hydrazone groups is 1. The minimum Gasteiger partial charge on any atom is -0.273 e. The Kier molecular flexibility index (Phi) is 4.43. The summed E-state index contributed by atoms with van der Waals surface area (Å²) >= 11 is 6.23. The van der Waals surface area contributed by atoms with Crippen molar-refractivity contribution in [3.05, 3.63) is 76.4 Å². The van der Waals surface area contributed by atoms with Crippen molar-refractivity contribution in [3.8, 4) is 0 Å². The molecule has 5 heteroatoms. The number of fused-ring (bicyclic) bond motifs is 1. The molecule has 1 N–H and O–H groups in total. The van der Waals surface area contributed by atoms with Crippen molar-refractivity contribution in [2.45, 2.75) is 19.3 Å². The fourth-order valence-corrected chi connectivity index (χ4v) is 3.36. The normalized spacial score (nSPS) is 19.0. The van der Waals surface area contributed by atoms with Crippen LogP contribution in [-0.2, 0) is 4.79 Å². The van der Waals surface area contributed by atoms with E-state index in [0.29, 0.717) is 16.6 Å². The van der Waals surface area contributed by atoms with Gasteiger partial charge in [0.05, 0.1) is 11.7 Å². The maximum atomic E-state index is 12.2. The molecule has 2 unspecified atom stereocenters. The molecule has 1 fully saturated rings. The fraction of sp³-hybridized carbons (Fsp3) is 0.190. The van der Waals surface area contributed by atoms with E-state index in [9.17, 15) is 4.79 Å². The molecule has 1 aliphatic carbocycles. The Bertz CT molecular complexity index is 1000. The van der Waals surface area contributed by atoms with E-state index in [1.165, 1.54) is 5.56 Å². The summed E-state index contributed by atoms with van der Waals surface area (Å²) in [6, 6.07) is 18.0. The van der Waals surface area contributed by atoms with Gasteiger partial charge < -0.3 is 0 Å². The van der Waals surface area contributed by atoms with Crippen LogP contribution < -0.4 is 5.43 Å². The molecule has 2 atom stereocenters. The maximum Gasteiger partial charge on any atom is 0.243 e. The van der Waals surface area contributed by atoms with Crippen molar-refractivity contribution in [3.63, 3.8) is 0 Å². The van der Waals surface area contributed by atoms with Gasteiger partial charge in [-0.2, -0.15) is 5.10 Å². The van der Waals surface area contributed by atoms with Crippen molar-refractivity contribution < 1.29 is 4.79 Å². The number of carbonyl (C=O) groups excluding carboxylic acids is 1. The number of hydrogen-bond acceptors (Lipinski definition) is 3. The first kappa shape index (κ1) is 16.7. The molecule has 0 saturated heterocycles. The third-order valence-electron chi connectivity index (χ3n) is 4.69. The molecule has 1 aliphatic rings. The lowest BCUT2D eigenvalue weighted by Crippen LogP contribution is -2.20. The van der Waals surface area contributed by atoms with Crippen molar-refractivity contribution in [1.82, 2.24) is 10.4 Å². The molecule has 1 aromatic heterocycles. The number of pyridine rings is 1. The van der Waals surface area contributed by atoms with Crippen LogP contribution in [0.2, 0.25) is 5.15 Å². The number of rotatable bonds is 4. The van der Waals surface area contributed by atoms with E-state index >= 15 is 0 Å². The van der Waals surface area contributed by atoms with Crippen LogP contribution >= 0.6 is 11.6 Å². The number of halogens is 1. The van der Waals surface area contributed by atoms with Crippen molar-refractivity contribution in [2.24, 2.45) is 11.0 Å². The number of nitrogens with zero attached hydrogens (tertiary/aromatic N) is 2. The summed E-state index contributed by atoms with van der Waals surface area (Å²) < 4.78 is 0. The van der Waals surface area contributed by atoms with Gasteiger partial charge in [-0.1, -0.05) is 54.1 Å². The first-order valence-corrected chi connectivity index (χ1v) is 8.94. The second kappa shape index (κ2) is 6.89. The third kappa shape index (κ3) is 3.46. The summed E-state index contributed by atoms with van der Waals surface area (Å²) in [6.07, 6.45) is 2.41. The Morgan fingerprint density at radius 1 is 1.23 bits per heavy atom. The van der Waals surface area contributed by atoms with Crippen LogP contribution in [0, 0.1) is 12.8 Å². The van der Waals surface area contributed by atoms with E-state index < -0.39 is 0 Å². The third-order valence-corrected chi connectivity index (χ3v) is 4.99. The SMILES string of the molecule is Cc1ccc2cc(C=NNC(=O)C3CC3c3ccccc3)c(Cl)nc2c1. The molecular weight excluding hydrogens is 346 g/mol. The van der Waals surface area contributed by atoms with Gasteiger partial charge in [0.2, 0.25) is 5.91 Å². The average molecular weight is 364 g/mol. The second-order valence-electron chi connectivity index (χ2n) is 6.66. The predicted octanol–water partition coefficient (Wildman–Crippen LogP) is 4.45. The molecule has 1 saturated carbocycles. The zero-order valence-corrected chi connectivity index (χ0v) is 15.1. The van der Waals surface area contributed by atoms with Crippen LogP contribution in [0.1, 0.15) is 29.0 Å². The van der Waals surface area contributed by atoms with Gasteiger partial charge in [0.15, 0.2) is 0 Å². The number of amides is 1. The summed E-state index contributed by atoms with van der Waals surface area (Å²) in [6.45, 7) is 2.01. The minimum absolute atomic E-state index is 0.0114. The van der Waals surface area contributed by atoms with Gasteiger partial charge in [-0.15, -0.1) is 0 Å². The van der Waals surface area contributed by atoms with Gasteiger partial charge in [-0.3, -0.25) is 4.79 Å². The first-order chi connectivity index (χ1) is 12.6. The van der Waals surface area contributed by atoms with E-state index in [1.807, 2.05) is 49.4 Å². The predicted molar refractivity (Wildman–Crippen MR) is 105 cm³/mol. The van der Waals surface area contributed by atoms with Gasteiger partial charge in [0.25, 0.3) is 0 Å². The summed E-state index contributed by atoms with van der Waals surface area (Å²) in [5.41, 5.74) is 6.48. The summed E-state index contributed by atoms with van der Waals surface area (Å²) in [4.78, 5) is 16.6. The molecule has 3 aromatic rings. The molecule has 0 bridgehead atoms. The average Bonchev–Trinajstić information content (AvgIpc) is 3.44. The van der Waals surface area contributed by atoms with Crippen molar-refractivity contribution in [1.29, 1.82) is 0 Å². The minimum atomic E-state index is -0.0596. The molecule has 2 aromatic carbocycles. The fourth-order valence-electron chi connectivity index (χ4n) is 3.16. The zero-order valence-electron chi connectivity index (χ0n) is 14.3. The maximum absolute atomic E-state index is 12.2. The lowest BCUT2D eigenvalue weighted by atomic mass is 10.1. The molecule has 4 rings (SSSR count). The van der Waals surface area contributed by atoms with Gasteiger partial charge in [0.1, 0.15) is 5.15 Å². The monoisotopic (exact) mass is 363 g/mol. The number of hydrogen-bond donors (Lipinski definition) is 1. The molecule has 1 heterocycles. The zero-order chi connectivity index (χ0) is 18.1. The quantitative estimate of drug-likeness (QED) is 0.423. The second-order valence-corrected chi connectivity index (χ2v) is 7.02. The number of aryl methyl sites for hydroxylation is 1. The Morgan fingerprint density at radius 3 is 2.85 bits per heavy atom. The molecule has 1 amide bonds. The Labute approximate surface area is 156 Å². The lowest BCUT2D eigenvalue weighted by molar-refractivity contribution is -0.122. The number of aromatic nitrogens is 1. The molecule has 0 radical (unpaired) electrons. The van der Waals surface area contributed by atoms with E-state index in [0.717, 1.165) is 22.9 Å². The molecule has 0 aliphatic heterocycles. The molecule has 4 nitrogen and oxygen atoms in total. The number of carbonyl (C=O) groups is 1. The lowest BCUT2D eigenvalue weighted by Gasteiger charge is -2.03. The Hall–Kier alpha value is -2.72. The van der Waals surface area contributed by atoms with Gasteiger partial charge in [-0.05, 0) is 42.5 Å². The Balaban J connectivity index is 1.43. The van der Waals surface area contributed by atoms with E-state index in [-0.39, 0.29) is 11.8 Å². The van der Waals surface area contributed by atoms with Crippen LogP contribution in [0.15, 0.2) is 59.7 Å². The van der Waals surface area contributed by atoms with Crippen LogP contribution in [-0.4, -0.2) is 17.1 Å². The smallest absolute Gasteiger partial charge is 0.243 e. The Morgan fingerprint density at radius 2 is 2.04 bits per heavy atom. The molecular formula is C21H18ClN3O. The molecule has 26 heavy (non-hydrogen) atoms. The van der Waals surface area contributed by atoms with Crippen LogP contribution in [0.5, 0.6) is 0 Å². The summed E-state index contributed by atoms with van der Waals surface area (Å²) in [7, 11) is 0. The summed E-state index contributed by atoms with van der Waals surface area (Å²) in [5, 5.41) is 5.42. The number of nitrogens with one attached hydrogen (secondary N) is 1. The topological polar surface area (TPSA) is 54.4 Å². The van der Waals surface area contributed by atoms with E-state index in [1.54, 1.807) is 6.21 Å². The van der Waals surface area contributed by atoms with Crippen molar-refractivity contribution in [2.75, 3.05) is 0 Å². The highest BCUT2D eigenvalue weighted by Crippen LogP contribution is 2.47. The van der Waals surface area contributed by atoms with Crippen LogP contribution in [0.3, 0.4) is 0 Å². The molecule has 130 valence electrons. The van der Waals surface area contributed by atoms with Crippen LogP contribution in [0.25, 0.3) is 10.9 Å². The van der Waals surface area contributed by atoms with Crippen LogP contribution in [0.4, 0.5) is 0 Å². The van der Waals surface area contributed by atoms with E-state index in [4.69, 9.17) is 11.6 Å². The largest absolute Gasteiger partial charge is 0.273 e. The first-order valence-electron chi connectivity index (χ1n) is 8.56. The number of benzene rings is 2. The van der Waals surface area contributed by atoms with Gasteiger partial charge in [0, 0.05) is 16.9 Å². The van der Waals surface area contributed by atoms with E-state index in [2.05, 4.69) is 27.6 Å². The van der Waals surface area contributed by atoms with Crippen molar-refractivity contribution >= 4 is 34.6 Å². The standard InChI is InChI=1S/C21H18ClN3O/c1-13-7-8-15-10-16(20(22)24-19(15)9-13)12-23-25-21(26)18-11-17(18)14-5-3-2-4-6-14/h2-10,12,17-18H,11H2,1H3,(H,25,26). The van der Waals surface area contributed by atoms with Gasteiger partial charge in [-0.25, -0.2) is 10.4 Å². The highest BCUT2D eigenvalue weighted by Gasteiger charge is 2.43.